The summed E-state index contributed by atoms with van der Waals surface area (Å²) >= 11 is 0. The van der Waals surface area contributed by atoms with Gasteiger partial charge in [0.1, 0.15) is 5.82 Å². The Kier molecular flexibility index (Phi) is 5.61. The third kappa shape index (κ3) is 4.64. The van der Waals surface area contributed by atoms with Crippen LogP contribution in [0.25, 0.3) is 0 Å². The predicted octanol–water partition coefficient (Wildman–Crippen LogP) is 2.41. The molecule has 0 saturated carbocycles. The molecule has 6 nitrogen and oxygen atoms in total. The largest absolute Gasteiger partial charge is 0.337 e. The number of carbonyl (C=O) groups is 1. The molecule has 1 fully saturated rings. The van der Waals surface area contributed by atoms with E-state index in [-0.39, 0.29) is 11.4 Å². The van der Waals surface area contributed by atoms with Crippen molar-refractivity contribution < 1.29 is 4.79 Å². The maximum Gasteiger partial charge on any atom is 0.317 e. The lowest BCUT2D eigenvalue weighted by atomic mass is 9.90. The number of benzene rings is 1. The number of urea groups is 1. The number of hydrogen-bond acceptors (Lipinski definition) is 3. The van der Waals surface area contributed by atoms with Crippen LogP contribution < -0.4 is 5.32 Å². The fourth-order valence-electron chi connectivity index (χ4n) is 3.54. The molecule has 1 aliphatic rings. The summed E-state index contributed by atoms with van der Waals surface area (Å²) < 4.78 is 2.09. The molecule has 1 saturated heterocycles. The molecular weight excluding hydrogens is 326 g/mol. The van der Waals surface area contributed by atoms with E-state index in [1.54, 1.807) is 11.1 Å². The lowest BCUT2D eigenvalue weighted by Gasteiger charge is -2.26. The second-order valence-electron chi connectivity index (χ2n) is 7.77. The van der Waals surface area contributed by atoms with E-state index < -0.39 is 0 Å². The highest BCUT2D eigenvalue weighted by Gasteiger charge is 2.32. The maximum absolute atomic E-state index is 12.5. The van der Waals surface area contributed by atoms with Gasteiger partial charge in [0.2, 0.25) is 0 Å². The summed E-state index contributed by atoms with van der Waals surface area (Å²) in [5.74, 6) is 0.887. The molecule has 140 valence electrons. The Morgan fingerprint density at radius 3 is 2.81 bits per heavy atom. The average molecular weight is 355 g/mol. The highest BCUT2D eigenvalue weighted by molar-refractivity contribution is 5.73. The van der Waals surface area contributed by atoms with Crippen molar-refractivity contribution in [3.05, 3.63) is 54.1 Å². The highest BCUT2D eigenvalue weighted by Crippen LogP contribution is 2.27. The summed E-state index contributed by atoms with van der Waals surface area (Å²) in [4.78, 5) is 20.9. The molecule has 0 spiro atoms. The molecule has 6 heteroatoms. The van der Waals surface area contributed by atoms with Crippen molar-refractivity contribution in [1.29, 1.82) is 0 Å². The monoisotopic (exact) mass is 355 g/mol. The molecule has 0 radical (unpaired) electrons. The van der Waals surface area contributed by atoms with E-state index in [1.165, 1.54) is 5.56 Å². The fraction of sp³-hybridized carbons (Fsp3) is 0.500. The van der Waals surface area contributed by atoms with Gasteiger partial charge in [0.25, 0.3) is 0 Å². The standard InChI is InChI=1S/C20H29N5O/c1-20(9-11-23(2)16-20)15-22-19(26)24(3)14-18-21-10-12-25(18)13-17-7-5-4-6-8-17/h4-8,10,12H,9,11,13-16H2,1-3H3,(H,22,26). The molecule has 2 heterocycles. The van der Waals surface area contributed by atoms with E-state index in [2.05, 4.69) is 45.9 Å². The summed E-state index contributed by atoms with van der Waals surface area (Å²) in [6.45, 7) is 6.32. The Morgan fingerprint density at radius 2 is 2.12 bits per heavy atom. The number of nitrogens with one attached hydrogen (secondary N) is 1. The van der Waals surface area contributed by atoms with Gasteiger partial charge in [0, 0.05) is 39.1 Å². The molecule has 1 aromatic heterocycles. The van der Waals surface area contributed by atoms with Gasteiger partial charge in [0.05, 0.1) is 6.54 Å². The zero-order valence-corrected chi connectivity index (χ0v) is 16.0. The van der Waals surface area contributed by atoms with E-state index in [1.807, 2.05) is 31.4 Å². The lowest BCUT2D eigenvalue weighted by molar-refractivity contribution is 0.197. The van der Waals surface area contributed by atoms with E-state index >= 15 is 0 Å². The Balaban J connectivity index is 1.54. The number of aromatic nitrogens is 2. The summed E-state index contributed by atoms with van der Waals surface area (Å²) in [5.41, 5.74) is 1.38. The summed E-state index contributed by atoms with van der Waals surface area (Å²) in [7, 11) is 3.95. The van der Waals surface area contributed by atoms with E-state index in [9.17, 15) is 4.79 Å². The molecule has 2 amide bonds. The van der Waals surface area contributed by atoms with Crippen LogP contribution in [0, 0.1) is 5.41 Å². The second kappa shape index (κ2) is 7.91. The van der Waals surface area contributed by atoms with Crippen LogP contribution in [0.3, 0.4) is 0 Å². The van der Waals surface area contributed by atoms with Gasteiger partial charge in [0.15, 0.2) is 0 Å². The number of likely N-dealkylation sites (tertiary alicyclic amines) is 1. The minimum Gasteiger partial charge on any atom is -0.337 e. The average Bonchev–Trinajstić information content (AvgIpc) is 3.20. The predicted molar refractivity (Wildman–Crippen MR) is 103 cm³/mol. The van der Waals surface area contributed by atoms with Gasteiger partial charge in [-0.2, -0.15) is 0 Å². The second-order valence-corrected chi connectivity index (χ2v) is 7.77. The smallest absolute Gasteiger partial charge is 0.317 e. The number of imidazole rings is 1. The minimum absolute atomic E-state index is 0.0463. The van der Waals surface area contributed by atoms with Crippen LogP contribution in [0.5, 0.6) is 0 Å². The van der Waals surface area contributed by atoms with E-state index in [4.69, 9.17) is 0 Å². The molecule has 3 rings (SSSR count). The van der Waals surface area contributed by atoms with Gasteiger partial charge in [-0.1, -0.05) is 37.3 Å². The van der Waals surface area contributed by atoms with Crippen molar-refractivity contribution in [2.75, 3.05) is 33.7 Å². The highest BCUT2D eigenvalue weighted by atomic mass is 16.2. The van der Waals surface area contributed by atoms with Crippen molar-refractivity contribution in [2.24, 2.45) is 5.41 Å². The van der Waals surface area contributed by atoms with Crippen LogP contribution in [-0.2, 0) is 13.1 Å². The molecule has 0 aliphatic carbocycles. The first-order valence-corrected chi connectivity index (χ1v) is 9.17. The van der Waals surface area contributed by atoms with Gasteiger partial charge >= 0.3 is 6.03 Å². The third-order valence-electron chi connectivity index (χ3n) is 5.14. The first-order valence-electron chi connectivity index (χ1n) is 9.17. The van der Waals surface area contributed by atoms with Gasteiger partial charge in [-0.3, -0.25) is 0 Å². The first-order chi connectivity index (χ1) is 12.5. The number of hydrogen-bond donors (Lipinski definition) is 1. The van der Waals surface area contributed by atoms with Gasteiger partial charge in [-0.05, 0) is 31.0 Å². The Bertz CT molecular complexity index is 729. The molecule has 1 atom stereocenters. The Labute approximate surface area is 155 Å². The van der Waals surface area contributed by atoms with E-state index in [0.717, 1.165) is 31.9 Å². The third-order valence-corrected chi connectivity index (χ3v) is 5.14. The molecular formula is C20H29N5O. The minimum atomic E-state index is -0.0463. The van der Waals surface area contributed by atoms with Crippen LogP contribution >= 0.6 is 0 Å². The van der Waals surface area contributed by atoms with Crippen molar-refractivity contribution in [1.82, 2.24) is 24.7 Å². The van der Waals surface area contributed by atoms with E-state index in [0.29, 0.717) is 13.1 Å². The summed E-state index contributed by atoms with van der Waals surface area (Å²) in [6.07, 6.45) is 4.87. The molecule has 1 aliphatic heterocycles. The van der Waals surface area contributed by atoms with Crippen LogP contribution in [0.1, 0.15) is 24.7 Å². The summed E-state index contributed by atoms with van der Waals surface area (Å²) in [6, 6.07) is 10.2. The fourth-order valence-corrected chi connectivity index (χ4v) is 3.54. The number of rotatable bonds is 6. The summed E-state index contributed by atoms with van der Waals surface area (Å²) in [5, 5.41) is 3.09. The Morgan fingerprint density at radius 1 is 1.35 bits per heavy atom. The maximum atomic E-state index is 12.5. The molecule has 1 aromatic carbocycles. The van der Waals surface area contributed by atoms with Crippen LogP contribution in [0.15, 0.2) is 42.7 Å². The van der Waals surface area contributed by atoms with Gasteiger partial charge in [-0.25, -0.2) is 9.78 Å². The first kappa shape index (κ1) is 18.5. The number of carbonyl (C=O) groups excluding carboxylic acids is 1. The topological polar surface area (TPSA) is 53.4 Å². The quantitative estimate of drug-likeness (QED) is 0.866. The molecule has 26 heavy (non-hydrogen) atoms. The molecule has 1 N–H and O–H groups in total. The SMILES string of the molecule is CN1CCC(C)(CNC(=O)N(C)Cc2nccn2Cc2ccccc2)C1. The zero-order chi connectivity index (χ0) is 18.6. The van der Waals surface area contributed by atoms with Gasteiger partial charge in [-0.15, -0.1) is 0 Å². The lowest BCUT2D eigenvalue weighted by Crippen LogP contribution is -2.43. The number of nitrogens with zero attached hydrogens (tertiary/aromatic N) is 4. The van der Waals surface area contributed by atoms with Gasteiger partial charge < -0.3 is 19.7 Å². The van der Waals surface area contributed by atoms with Crippen LogP contribution in [0.4, 0.5) is 4.79 Å². The molecule has 1 unspecified atom stereocenters. The normalized spacial score (nSPS) is 20.3. The van der Waals surface area contributed by atoms with Crippen molar-refractivity contribution in [3.63, 3.8) is 0 Å². The van der Waals surface area contributed by atoms with Crippen molar-refractivity contribution in [3.8, 4) is 0 Å². The zero-order valence-electron chi connectivity index (χ0n) is 16.0. The Hall–Kier alpha value is -2.34. The van der Waals surface area contributed by atoms with Crippen LogP contribution in [0.2, 0.25) is 0 Å². The van der Waals surface area contributed by atoms with Crippen molar-refractivity contribution >= 4 is 6.03 Å². The number of amides is 2. The van der Waals surface area contributed by atoms with Crippen molar-refractivity contribution in [2.45, 2.75) is 26.4 Å². The molecule has 2 aromatic rings. The van der Waals surface area contributed by atoms with Crippen LogP contribution in [-0.4, -0.2) is 59.1 Å². The molecule has 0 bridgehead atoms.